The third-order valence-corrected chi connectivity index (χ3v) is 2.60. The highest BCUT2D eigenvalue weighted by Crippen LogP contribution is 2.34. The lowest BCUT2D eigenvalue weighted by atomic mass is 10.2. The van der Waals surface area contributed by atoms with E-state index < -0.39 is 5.91 Å². The van der Waals surface area contributed by atoms with E-state index in [1.165, 1.54) is 33.1 Å². The number of nitrogens with one attached hydrogen (secondary N) is 2. The van der Waals surface area contributed by atoms with Gasteiger partial charge in [0.05, 0.1) is 29.9 Å². The monoisotopic (exact) mass is 298 g/mol. The van der Waals surface area contributed by atoms with Gasteiger partial charge in [-0.15, -0.1) is 0 Å². The molecule has 20 heavy (non-hydrogen) atoms. The molecular formula is C13H15ClN2O4. The summed E-state index contributed by atoms with van der Waals surface area (Å²) >= 11 is 6.02. The molecule has 0 radical (unpaired) electrons. The second-order valence-electron chi connectivity index (χ2n) is 4.14. The lowest BCUT2D eigenvalue weighted by Crippen LogP contribution is -2.15. The number of ketones is 1. The molecule has 0 unspecified atom stereocenters. The van der Waals surface area contributed by atoms with E-state index in [1.807, 2.05) is 0 Å². The van der Waals surface area contributed by atoms with Gasteiger partial charge in [0.15, 0.2) is 0 Å². The van der Waals surface area contributed by atoms with Crippen molar-refractivity contribution in [3.05, 3.63) is 17.2 Å². The average molecular weight is 299 g/mol. The fraction of sp³-hybridized carbons (Fsp3) is 0.308. The first kappa shape index (κ1) is 16.0. The van der Waals surface area contributed by atoms with Crippen molar-refractivity contribution in [2.45, 2.75) is 20.3 Å². The molecule has 0 aromatic heterocycles. The van der Waals surface area contributed by atoms with Crippen LogP contribution < -0.4 is 15.4 Å². The van der Waals surface area contributed by atoms with E-state index in [0.717, 1.165) is 0 Å². The third-order valence-electron chi connectivity index (χ3n) is 2.28. The van der Waals surface area contributed by atoms with Crippen LogP contribution in [0.2, 0.25) is 5.02 Å². The Balaban J connectivity index is 3.01. The predicted octanol–water partition coefficient (Wildman–Crippen LogP) is 2.22. The number of carbonyl (C=O) groups excluding carboxylic acids is 3. The number of hydrogen-bond donors (Lipinski definition) is 2. The Morgan fingerprint density at radius 2 is 1.80 bits per heavy atom. The first-order chi connectivity index (χ1) is 9.33. The van der Waals surface area contributed by atoms with Crippen LogP contribution in [0, 0.1) is 0 Å². The quantitative estimate of drug-likeness (QED) is 0.816. The van der Waals surface area contributed by atoms with Crippen molar-refractivity contribution in [2.75, 3.05) is 17.7 Å². The zero-order valence-corrected chi connectivity index (χ0v) is 12.1. The van der Waals surface area contributed by atoms with Gasteiger partial charge in [-0.3, -0.25) is 14.4 Å². The van der Waals surface area contributed by atoms with Gasteiger partial charge in [0.25, 0.3) is 0 Å². The summed E-state index contributed by atoms with van der Waals surface area (Å²) in [6.45, 7) is 2.68. The molecule has 1 rings (SSSR count). The van der Waals surface area contributed by atoms with E-state index in [-0.39, 0.29) is 23.1 Å². The number of ether oxygens (including phenoxy) is 1. The Morgan fingerprint density at radius 3 is 2.30 bits per heavy atom. The summed E-state index contributed by atoms with van der Waals surface area (Å²) in [4.78, 5) is 33.5. The van der Waals surface area contributed by atoms with E-state index in [4.69, 9.17) is 16.3 Å². The van der Waals surface area contributed by atoms with Gasteiger partial charge in [0.1, 0.15) is 11.5 Å². The van der Waals surface area contributed by atoms with Crippen molar-refractivity contribution in [3.63, 3.8) is 0 Å². The van der Waals surface area contributed by atoms with Crippen LogP contribution in [0.1, 0.15) is 20.3 Å². The number of benzene rings is 1. The molecule has 7 heteroatoms. The van der Waals surface area contributed by atoms with Crippen molar-refractivity contribution >= 4 is 40.6 Å². The molecule has 1 aromatic rings. The minimum atomic E-state index is -0.464. The van der Waals surface area contributed by atoms with E-state index in [1.54, 1.807) is 0 Å². The van der Waals surface area contributed by atoms with E-state index in [9.17, 15) is 14.4 Å². The number of hydrogen-bond acceptors (Lipinski definition) is 4. The van der Waals surface area contributed by atoms with Crippen molar-refractivity contribution in [3.8, 4) is 5.75 Å². The van der Waals surface area contributed by atoms with Crippen molar-refractivity contribution in [1.82, 2.24) is 0 Å². The summed E-state index contributed by atoms with van der Waals surface area (Å²) in [6.07, 6.45) is -0.230. The Hall–Kier alpha value is -2.08. The molecule has 0 spiro atoms. The molecule has 0 aliphatic heterocycles. The topological polar surface area (TPSA) is 84.5 Å². The summed E-state index contributed by atoms with van der Waals surface area (Å²) in [5.41, 5.74) is 0.707. The molecule has 108 valence electrons. The van der Waals surface area contributed by atoms with Crippen LogP contribution in [0.25, 0.3) is 0 Å². The lowest BCUT2D eigenvalue weighted by molar-refractivity contribution is -0.124. The molecule has 0 fully saturated rings. The highest BCUT2D eigenvalue weighted by molar-refractivity contribution is 6.34. The Kier molecular flexibility index (Phi) is 5.52. The van der Waals surface area contributed by atoms with Crippen LogP contribution in [0.15, 0.2) is 12.1 Å². The minimum Gasteiger partial charge on any atom is -0.494 e. The fourth-order valence-electron chi connectivity index (χ4n) is 1.53. The second-order valence-corrected chi connectivity index (χ2v) is 4.55. The molecule has 6 nitrogen and oxygen atoms in total. The van der Waals surface area contributed by atoms with Crippen LogP contribution in [-0.4, -0.2) is 24.7 Å². The largest absolute Gasteiger partial charge is 0.494 e. The van der Waals surface area contributed by atoms with Gasteiger partial charge in [-0.1, -0.05) is 11.6 Å². The molecule has 0 bridgehead atoms. The van der Waals surface area contributed by atoms with Gasteiger partial charge in [-0.05, 0) is 13.0 Å². The summed E-state index contributed by atoms with van der Waals surface area (Å²) in [6, 6.07) is 2.94. The molecule has 0 aliphatic rings. The maximum absolute atomic E-state index is 11.5. The van der Waals surface area contributed by atoms with Gasteiger partial charge >= 0.3 is 0 Å². The maximum atomic E-state index is 11.5. The Labute approximate surface area is 121 Å². The normalized spacial score (nSPS) is 9.80. The van der Waals surface area contributed by atoms with Crippen LogP contribution in [0.5, 0.6) is 5.75 Å². The number of methoxy groups -OCH3 is 1. The van der Waals surface area contributed by atoms with Gasteiger partial charge in [-0.2, -0.15) is 0 Å². The molecule has 2 N–H and O–H groups in total. The van der Waals surface area contributed by atoms with Crippen molar-refractivity contribution in [2.24, 2.45) is 0 Å². The highest BCUT2D eigenvalue weighted by atomic mass is 35.5. The van der Waals surface area contributed by atoms with Gasteiger partial charge in [0, 0.05) is 13.0 Å². The average Bonchev–Trinajstić information content (AvgIpc) is 2.30. The van der Waals surface area contributed by atoms with Gasteiger partial charge < -0.3 is 15.4 Å². The fourth-order valence-corrected chi connectivity index (χ4v) is 1.74. The highest BCUT2D eigenvalue weighted by Gasteiger charge is 2.13. The SMILES string of the molecule is COc1cc(NC(=O)CC(C)=O)c(Cl)cc1NC(C)=O. The number of halogens is 1. The number of amides is 2. The maximum Gasteiger partial charge on any atom is 0.231 e. The van der Waals surface area contributed by atoms with Gasteiger partial charge in [0.2, 0.25) is 11.8 Å². The summed E-state index contributed by atoms with van der Waals surface area (Å²) in [5, 5.41) is 5.30. The van der Waals surface area contributed by atoms with E-state index in [0.29, 0.717) is 17.1 Å². The number of rotatable bonds is 5. The zero-order chi connectivity index (χ0) is 15.3. The standard InChI is InChI=1S/C13H15ClN2O4/c1-7(17)4-13(19)16-10-6-12(20-3)11(5-9(10)14)15-8(2)18/h5-6H,4H2,1-3H3,(H,15,18)(H,16,19). The molecule has 0 heterocycles. The second kappa shape index (κ2) is 6.91. The number of carbonyl (C=O) groups is 3. The molecular weight excluding hydrogens is 284 g/mol. The summed E-state index contributed by atoms with van der Waals surface area (Å²) in [7, 11) is 1.43. The number of Topliss-reactive ketones (excluding diaryl/α,β-unsaturated/α-hetero) is 1. The predicted molar refractivity (Wildman–Crippen MR) is 76.2 cm³/mol. The molecule has 0 atom stereocenters. The van der Waals surface area contributed by atoms with Crippen molar-refractivity contribution in [1.29, 1.82) is 0 Å². The van der Waals surface area contributed by atoms with E-state index >= 15 is 0 Å². The van der Waals surface area contributed by atoms with Crippen LogP contribution in [-0.2, 0) is 14.4 Å². The first-order valence-corrected chi connectivity index (χ1v) is 6.15. The molecule has 0 saturated heterocycles. The molecule has 2 amide bonds. The van der Waals surface area contributed by atoms with E-state index in [2.05, 4.69) is 10.6 Å². The molecule has 1 aromatic carbocycles. The zero-order valence-electron chi connectivity index (χ0n) is 11.4. The summed E-state index contributed by atoms with van der Waals surface area (Å²) < 4.78 is 5.11. The van der Waals surface area contributed by atoms with Crippen molar-refractivity contribution < 1.29 is 19.1 Å². The third kappa shape index (κ3) is 4.55. The first-order valence-electron chi connectivity index (χ1n) is 5.78. The van der Waals surface area contributed by atoms with Gasteiger partial charge in [-0.25, -0.2) is 0 Å². The van der Waals surface area contributed by atoms with Crippen LogP contribution >= 0.6 is 11.6 Å². The Bertz CT molecular complexity index is 558. The molecule has 0 saturated carbocycles. The minimum absolute atomic E-state index is 0.228. The van der Waals surface area contributed by atoms with Crippen LogP contribution in [0.4, 0.5) is 11.4 Å². The Morgan fingerprint density at radius 1 is 1.15 bits per heavy atom. The van der Waals surface area contributed by atoms with Crippen LogP contribution in [0.3, 0.4) is 0 Å². The molecule has 0 aliphatic carbocycles. The summed E-state index contributed by atoms with van der Waals surface area (Å²) in [5.74, 6) is -0.635. The smallest absolute Gasteiger partial charge is 0.231 e. The number of anilines is 2. The lowest BCUT2D eigenvalue weighted by Gasteiger charge is -2.13.